The third kappa shape index (κ3) is 3.60. The third-order valence-electron chi connectivity index (χ3n) is 5.04. The fraction of sp³-hybridized carbons (Fsp3) is 0.130. The Morgan fingerprint density at radius 2 is 1.38 bits per heavy atom. The van der Waals surface area contributed by atoms with Crippen molar-refractivity contribution in [3.05, 3.63) is 72.8 Å². The lowest BCUT2D eigenvalue weighted by Crippen LogP contribution is -2.16. The quantitative estimate of drug-likeness (QED) is 0.371. The highest BCUT2D eigenvalue weighted by Crippen LogP contribution is 2.49. The second kappa shape index (κ2) is 7.53. The summed E-state index contributed by atoms with van der Waals surface area (Å²) in [7, 11) is -4.46. The molecule has 1 atom stereocenters. The molecule has 0 aliphatic rings. The Bertz CT molecular complexity index is 1240. The van der Waals surface area contributed by atoms with E-state index in [4.69, 9.17) is 4.74 Å². The van der Waals surface area contributed by atoms with Gasteiger partial charge in [-0.05, 0) is 40.1 Å². The Morgan fingerprint density at radius 1 is 0.828 bits per heavy atom. The lowest BCUT2D eigenvalue weighted by atomic mass is 9.92. The van der Waals surface area contributed by atoms with Crippen LogP contribution in [0.25, 0.3) is 32.7 Å². The summed E-state index contributed by atoms with van der Waals surface area (Å²) in [5.41, 5.74) is 1.19. The van der Waals surface area contributed by atoms with Gasteiger partial charge >= 0.3 is 7.60 Å². The molecule has 0 bridgehead atoms. The van der Waals surface area contributed by atoms with Crippen LogP contribution in [0, 0.1) is 0 Å². The average Bonchev–Trinajstić information content (AvgIpc) is 2.71. The molecule has 0 aromatic heterocycles. The summed E-state index contributed by atoms with van der Waals surface area (Å²) in [6.07, 6.45) is 0.151. The predicted octanol–water partition coefficient (Wildman–Crippen LogP) is 5.66. The number of aromatic hydroxyl groups is 1. The van der Waals surface area contributed by atoms with Crippen molar-refractivity contribution in [2.45, 2.75) is 19.2 Å². The van der Waals surface area contributed by atoms with E-state index >= 15 is 0 Å². The molecule has 29 heavy (non-hydrogen) atoms. The number of benzene rings is 4. The Kier molecular flexibility index (Phi) is 5.05. The van der Waals surface area contributed by atoms with Gasteiger partial charge in [0.1, 0.15) is 11.5 Å². The zero-order valence-electron chi connectivity index (χ0n) is 15.8. The second-order valence-corrected chi connectivity index (χ2v) is 8.66. The minimum atomic E-state index is -4.46. The Hall–Kier alpha value is -2.85. The SMILES string of the molecule is CCC(Oc1ccc2ccccc2c1-c1c(O)ccc2ccccc12)P(=O)(O)O. The number of phenolic OH excluding ortho intramolecular Hbond substituents is 1. The van der Waals surface area contributed by atoms with Crippen LogP contribution in [-0.4, -0.2) is 20.7 Å². The van der Waals surface area contributed by atoms with E-state index in [1.807, 2.05) is 60.7 Å². The zero-order valence-corrected chi connectivity index (χ0v) is 16.7. The summed E-state index contributed by atoms with van der Waals surface area (Å²) in [5, 5.41) is 14.3. The standard InChI is InChI=1S/C23H21O5P/c1-2-21(29(25,26)27)28-20-14-12-16-8-4-6-10-18(16)23(20)22-17-9-5-3-7-15(17)11-13-19(22)24/h3-14,21,24H,2H2,1H3,(H2,25,26,27). The second-order valence-electron chi connectivity index (χ2n) is 6.91. The first-order valence-corrected chi connectivity index (χ1v) is 11.0. The highest BCUT2D eigenvalue weighted by Gasteiger charge is 2.30. The monoisotopic (exact) mass is 408 g/mol. The van der Waals surface area contributed by atoms with Crippen LogP contribution in [0.1, 0.15) is 13.3 Å². The number of ether oxygens (including phenoxy) is 1. The van der Waals surface area contributed by atoms with Crippen molar-refractivity contribution in [2.75, 3.05) is 0 Å². The maximum atomic E-state index is 11.9. The molecule has 148 valence electrons. The molecule has 6 heteroatoms. The number of hydrogen-bond donors (Lipinski definition) is 3. The van der Waals surface area contributed by atoms with E-state index in [1.54, 1.807) is 19.1 Å². The Labute approximate surface area is 168 Å². The van der Waals surface area contributed by atoms with E-state index < -0.39 is 13.4 Å². The molecule has 0 aliphatic heterocycles. The predicted molar refractivity (Wildman–Crippen MR) is 115 cm³/mol. The molecule has 0 heterocycles. The fourth-order valence-electron chi connectivity index (χ4n) is 3.67. The molecule has 0 radical (unpaired) electrons. The molecule has 4 rings (SSSR count). The van der Waals surface area contributed by atoms with E-state index in [0.29, 0.717) is 16.9 Å². The smallest absolute Gasteiger partial charge is 0.365 e. The van der Waals surface area contributed by atoms with Crippen molar-refractivity contribution >= 4 is 29.1 Å². The highest BCUT2D eigenvalue weighted by atomic mass is 31.2. The first-order valence-electron chi connectivity index (χ1n) is 9.35. The van der Waals surface area contributed by atoms with Crippen molar-refractivity contribution in [2.24, 2.45) is 0 Å². The summed E-state index contributed by atoms with van der Waals surface area (Å²) in [5.74, 6) is -0.862. The summed E-state index contributed by atoms with van der Waals surface area (Å²) >= 11 is 0. The summed E-state index contributed by atoms with van der Waals surface area (Å²) in [6, 6.07) is 22.4. The van der Waals surface area contributed by atoms with E-state index in [9.17, 15) is 19.5 Å². The summed E-state index contributed by atoms with van der Waals surface area (Å²) in [4.78, 5) is 19.4. The highest BCUT2D eigenvalue weighted by molar-refractivity contribution is 7.52. The van der Waals surface area contributed by atoms with Crippen LogP contribution in [0.5, 0.6) is 11.5 Å². The minimum absolute atomic E-state index is 0.0779. The molecule has 0 saturated carbocycles. The molecular formula is C23H21O5P. The van der Waals surface area contributed by atoms with E-state index in [1.165, 1.54) is 0 Å². The zero-order chi connectivity index (χ0) is 20.6. The van der Waals surface area contributed by atoms with Crippen LogP contribution in [-0.2, 0) is 4.57 Å². The number of phenols is 1. The fourth-order valence-corrected chi connectivity index (χ4v) is 4.39. The molecule has 3 N–H and O–H groups in total. The molecule has 0 amide bonds. The molecule has 1 unspecified atom stereocenters. The van der Waals surface area contributed by atoms with Crippen LogP contribution < -0.4 is 4.74 Å². The van der Waals surface area contributed by atoms with Gasteiger partial charge in [0.15, 0.2) is 5.85 Å². The van der Waals surface area contributed by atoms with Gasteiger partial charge in [0.25, 0.3) is 0 Å². The van der Waals surface area contributed by atoms with Gasteiger partial charge in [-0.1, -0.05) is 67.6 Å². The molecule has 0 fully saturated rings. The van der Waals surface area contributed by atoms with E-state index in [0.717, 1.165) is 21.5 Å². The van der Waals surface area contributed by atoms with Crippen molar-refractivity contribution in [3.63, 3.8) is 0 Å². The van der Waals surface area contributed by atoms with E-state index in [-0.39, 0.29) is 12.2 Å². The molecule has 4 aromatic carbocycles. The van der Waals surface area contributed by atoms with Gasteiger partial charge < -0.3 is 19.6 Å². The lowest BCUT2D eigenvalue weighted by Gasteiger charge is -2.22. The number of hydrogen-bond acceptors (Lipinski definition) is 3. The van der Waals surface area contributed by atoms with Crippen LogP contribution in [0.2, 0.25) is 0 Å². The van der Waals surface area contributed by atoms with Crippen molar-refractivity contribution < 1.29 is 24.2 Å². The van der Waals surface area contributed by atoms with Gasteiger partial charge in [-0.3, -0.25) is 4.57 Å². The number of rotatable bonds is 5. The van der Waals surface area contributed by atoms with Gasteiger partial charge in [-0.2, -0.15) is 0 Å². The van der Waals surface area contributed by atoms with Crippen LogP contribution in [0.3, 0.4) is 0 Å². The number of fused-ring (bicyclic) bond motifs is 2. The van der Waals surface area contributed by atoms with Gasteiger partial charge in [0.2, 0.25) is 0 Å². The first kappa shape index (κ1) is 19.5. The minimum Gasteiger partial charge on any atom is -0.507 e. The topological polar surface area (TPSA) is 87.0 Å². The van der Waals surface area contributed by atoms with Gasteiger partial charge in [-0.15, -0.1) is 0 Å². The van der Waals surface area contributed by atoms with Crippen molar-refractivity contribution in [1.29, 1.82) is 0 Å². The summed E-state index contributed by atoms with van der Waals surface area (Å²) in [6.45, 7) is 1.67. The lowest BCUT2D eigenvalue weighted by molar-refractivity contribution is 0.220. The maximum absolute atomic E-state index is 11.9. The maximum Gasteiger partial charge on any atom is 0.365 e. The van der Waals surface area contributed by atoms with Crippen molar-refractivity contribution in [3.8, 4) is 22.6 Å². The van der Waals surface area contributed by atoms with Crippen molar-refractivity contribution in [1.82, 2.24) is 0 Å². The third-order valence-corrected chi connectivity index (χ3v) is 6.26. The Balaban J connectivity index is 2.06. The van der Waals surface area contributed by atoms with Gasteiger partial charge in [0.05, 0.1) is 0 Å². The van der Waals surface area contributed by atoms with Crippen LogP contribution in [0.4, 0.5) is 0 Å². The molecule has 0 aliphatic carbocycles. The van der Waals surface area contributed by atoms with Gasteiger partial charge in [0, 0.05) is 11.1 Å². The normalized spacial score (nSPS) is 12.9. The first-order chi connectivity index (χ1) is 13.9. The van der Waals surface area contributed by atoms with E-state index in [2.05, 4.69) is 0 Å². The molecular weight excluding hydrogens is 387 g/mol. The molecule has 0 saturated heterocycles. The van der Waals surface area contributed by atoms with Crippen LogP contribution >= 0.6 is 7.60 Å². The molecule has 0 spiro atoms. The van der Waals surface area contributed by atoms with Gasteiger partial charge in [-0.25, -0.2) is 0 Å². The Morgan fingerprint density at radius 3 is 1.97 bits per heavy atom. The molecule has 5 nitrogen and oxygen atoms in total. The molecule has 4 aromatic rings. The average molecular weight is 408 g/mol. The largest absolute Gasteiger partial charge is 0.507 e. The summed E-state index contributed by atoms with van der Waals surface area (Å²) < 4.78 is 17.7. The van der Waals surface area contributed by atoms with Crippen LogP contribution in [0.15, 0.2) is 72.8 Å².